The van der Waals surface area contributed by atoms with Gasteiger partial charge in [0, 0.05) is 23.5 Å². The Bertz CT molecular complexity index is 395. The molecule has 1 aromatic carbocycles. The maximum absolute atomic E-state index is 5.98. The molecule has 1 saturated heterocycles. The van der Waals surface area contributed by atoms with Crippen molar-refractivity contribution in [3.8, 4) is 5.75 Å². The Morgan fingerprint density at radius 2 is 2.33 bits per heavy atom. The first-order chi connectivity index (χ1) is 8.76. The van der Waals surface area contributed by atoms with Crippen LogP contribution in [0, 0.1) is 5.92 Å². The molecule has 0 bridgehead atoms. The van der Waals surface area contributed by atoms with Gasteiger partial charge in [-0.05, 0) is 43.7 Å². The van der Waals surface area contributed by atoms with Crippen molar-refractivity contribution >= 4 is 15.9 Å². The third-order valence-corrected chi connectivity index (χ3v) is 4.14. The fourth-order valence-corrected chi connectivity index (χ4v) is 3.00. The molecule has 2 rings (SSSR count). The SMILES string of the molecule is CNCC1CCCOC1c1cc(OC)ccc1Br. The minimum atomic E-state index is 0.149. The number of benzene rings is 1. The highest BCUT2D eigenvalue weighted by molar-refractivity contribution is 9.10. The van der Waals surface area contributed by atoms with E-state index in [1.807, 2.05) is 19.2 Å². The normalized spacial score (nSPS) is 23.9. The first-order valence-corrected chi connectivity index (χ1v) is 7.15. The Kier molecular flexibility index (Phi) is 5.03. The average Bonchev–Trinajstić information content (AvgIpc) is 2.41. The molecule has 1 aliphatic heterocycles. The Morgan fingerprint density at radius 1 is 1.50 bits per heavy atom. The second-order valence-electron chi connectivity index (χ2n) is 4.64. The lowest BCUT2D eigenvalue weighted by Crippen LogP contribution is -2.30. The van der Waals surface area contributed by atoms with Gasteiger partial charge in [-0.25, -0.2) is 0 Å². The molecule has 100 valence electrons. The molecule has 18 heavy (non-hydrogen) atoms. The fourth-order valence-electron chi connectivity index (χ4n) is 2.53. The van der Waals surface area contributed by atoms with Crippen molar-refractivity contribution < 1.29 is 9.47 Å². The van der Waals surface area contributed by atoms with Crippen molar-refractivity contribution in [3.63, 3.8) is 0 Å². The molecule has 0 aliphatic carbocycles. The summed E-state index contributed by atoms with van der Waals surface area (Å²) in [5.74, 6) is 1.40. The minimum Gasteiger partial charge on any atom is -0.497 e. The summed E-state index contributed by atoms with van der Waals surface area (Å²) < 4.78 is 12.4. The quantitative estimate of drug-likeness (QED) is 0.926. The summed E-state index contributed by atoms with van der Waals surface area (Å²) in [4.78, 5) is 0. The van der Waals surface area contributed by atoms with Crippen LogP contribution >= 0.6 is 15.9 Å². The molecule has 0 saturated carbocycles. The standard InChI is InChI=1S/C14H20BrNO2/c1-16-9-10-4-3-7-18-14(10)12-8-11(17-2)5-6-13(12)15/h5-6,8,10,14,16H,3-4,7,9H2,1-2H3. The summed E-state index contributed by atoms with van der Waals surface area (Å²) in [6, 6.07) is 6.06. The third-order valence-electron chi connectivity index (χ3n) is 3.42. The molecule has 3 nitrogen and oxygen atoms in total. The van der Waals surface area contributed by atoms with Gasteiger partial charge in [-0.3, -0.25) is 0 Å². The number of nitrogens with one attached hydrogen (secondary N) is 1. The smallest absolute Gasteiger partial charge is 0.119 e. The lowest BCUT2D eigenvalue weighted by Gasteiger charge is -2.32. The molecule has 2 atom stereocenters. The monoisotopic (exact) mass is 313 g/mol. The van der Waals surface area contributed by atoms with Crippen molar-refractivity contribution in [1.82, 2.24) is 5.32 Å². The zero-order chi connectivity index (χ0) is 13.0. The molecule has 1 fully saturated rings. The molecule has 1 N–H and O–H groups in total. The van der Waals surface area contributed by atoms with Gasteiger partial charge in [0.15, 0.2) is 0 Å². The van der Waals surface area contributed by atoms with Crippen LogP contribution in [0.2, 0.25) is 0 Å². The summed E-state index contributed by atoms with van der Waals surface area (Å²) in [5.41, 5.74) is 1.19. The third kappa shape index (κ3) is 3.05. The van der Waals surface area contributed by atoms with E-state index in [-0.39, 0.29) is 6.10 Å². The fraction of sp³-hybridized carbons (Fsp3) is 0.571. The zero-order valence-electron chi connectivity index (χ0n) is 10.9. The van der Waals surface area contributed by atoms with E-state index in [4.69, 9.17) is 9.47 Å². The molecular formula is C14H20BrNO2. The molecule has 1 heterocycles. The molecule has 0 aromatic heterocycles. The van der Waals surface area contributed by atoms with Crippen molar-refractivity contribution in [1.29, 1.82) is 0 Å². The first-order valence-electron chi connectivity index (χ1n) is 6.36. The van der Waals surface area contributed by atoms with Crippen molar-refractivity contribution in [3.05, 3.63) is 28.2 Å². The van der Waals surface area contributed by atoms with Crippen molar-refractivity contribution in [2.45, 2.75) is 18.9 Å². The highest BCUT2D eigenvalue weighted by Crippen LogP contribution is 2.38. The Morgan fingerprint density at radius 3 is 3.06 bits per heavy atom. The van der Waals surface area contributed by atoms with Crippen LogP contribution in [0.25, 0.3) is 0 Å². The maximum atomic E-state index is 5.98. The number of hydrogen-bond donors (Lipinski definition) is 1. The van der Waals surface area contributed by atoms with Crippen LogP contribution in [0.1, 0.15) is 24.5 Å². The lowest BCUT2D eigenvalue weighted by molar-refractivity contribution is -0.0277. The highest BCUT2D eigenvalue weighted by Gasteiger charge is 2.28. The topological polar surface area (TPSA) is 30.5 Å². The molecular weight excluding hydrogens is 294 g/mol. The number of halogens is 1. The Balaban J connectivity index is 2.26. The summed E-state index contributed by atoms with van der Waals surface area (Å²) in [6.07, 6.45) is 2.50. The van der Waals surface area contributed by atoms with Crippen LogP contribution in [0.3, 0.4) is 0 Å². The van der Waals surface area contributed by atoms with Gasteiger partial charge in [0.25, 0.3) is 0 Å². The maximum Gasteiger partial charge on any atom is 0.119 e. The van der Waals surface area contributed by atoms with E-state index in [1.165, 1.54) is 12.0 Å². The number of hydrogen-bond acceptors (Lipinski definition) is 3. The van der Waals surface area contributed by atoms with E-state index >= 15 is 0 Å². The van der Waals surface area contributed by atoms with Gasteiger partial charge in [0.2, 0.25) is 0 Å². The van der Waals surface area contributed by atoms with Gasteiger partial charge in [0.05, 0.1) is 13.2 Å². The largest absolute Gasteiger partial charge is 0.497 e. The average molecular weight is 314 g/mol. The van der Waals surface area contributed by atoms with E-state index in [9.17, 15) is 0 Å². The van der Waals surface area contributed by atoms with E-state index in [0.717, 1.165) is 29.8 Å². The van der Waals surface area contributed by atoms with Crippen LogP contribution in [-0.2, 0) is 4.74 Å². The van der Waals surface area contributed by atoms with E-state index in [0.29, 0.717) is 5.92 Å². The summed E-state index contributed by atoms with van der Waals surface area (Å²) in [7, 11) is 3.69. The van der Waals surface area contributed by atoms with E-state index < -0.39 is 0 Å². The molecule has 1 aromatic rings. The van der Waals surface area contributed by atoms with Gasteiger partial charge in [-0.1, -0.05) is 15.9 Å². The number of methoxy groups -OCH3 is 1. The number of rotatable bonds is 4. The van der Waals surface area contributed by atoms with Gasteiger partial charge in [-0.2, -0.15) is 0 Å². The van der Waals surface area contributed by atoms with Crippen LogP contribution in [-0.4, -0.2) is 27.3 Å². The molecule has 4 heteroatoms. The van der Waals surface area contributed by atoms with Gasteiger partial charge in [-0.15, -0.1) is 0 Å². The molecule has 2 unspecified atom stereocenters. The summed E-state index contributed by atoms with van der Waals surface area (Å²) in [5, 5.41) is 3.26. The van der Waals surface area contributed by atoms with E-state index in [2.05, 4.69) is 27.3 Å². The lowest BCUT2D eigenvalue weighted by atomic mass is 9.89. The van der Waals surface area contributed by atoms with Crippen LogP contribution < -0.4 is 10.1 Å². The molecule has 0 radical (unpaired) electrons. The predicted octanol–water partition coefficient (Wildman–Crippen LogP) is 3.14. The Labute approximate surface area is 117 Å². The van der Waals surface area contributed by atoms with E-state index in [1.54, 1.807) is 7.11 Å². The summed E-state index contributed by atoms with van der Waals surface area (Å²) in [6.45, 7) is 1.82. The highest BCUT2D eigenvalue weighted by atomic mass is 79.9. The number of ether oxygens (including phenoxy) is 2. The van der Waals surface area contributed by atoms with Gasteiger partial charge < -0.3 is 14.8 Å². The molecule has 0 amide bonds. The van der Waals surface area contributed by atoms with Crippen molar-refractivity contribution in [2.24, 2.45) is 5.92 Å². The van der Waals surface area contributed by atoms with Crippen molar-refractivity contribution in [2.75, 3.05) is 27.3 Å². The van der Waals surface area contributed by atoms with Crippen LogP contribution in [0.15, 0.2) is 22.7 Å². The minimum absolute atomic E-state index is 0.149. The first kappa shape index (κ1) is 13.8. The Hall–Kier alpha value is -0.580. The zero-order valence-corrected chi connectivity index (χ0v) is 12.5. The predicted molar refractivity (Wildman–Crippen MR) is 76.0 cm³/mol. The van der Waals surface area contributed by atoms with Crippen LogP contribution in [0.5, 0.6) is 5.75 Å². The van der Waals surface area contributed by atoms with Gasteiger partial charge in [0.1, 0.15) is 5.75 Å². The van der Waals surface area contributed by atoms with Gasteiger partial charge >= 0.3 is 0 Å². The second kappa shape index (κ2) is 6.55. The van der Waals surface area contributed by atoms with Crippen LogP contribution in [0.4, 0.5) is 0 Å². The molecule has 0 spiro atoms. The summed E-state index contributed by atoms with van der Waals surface area (Å²) >= 11 is 3.62. The molecule has 1 aliphatic rings. The second-order valence-corrected chi connectivity index (χ2v) is 5.49.